The van der Waals surface area contributed by atoms with Crippen molar-refractivity contribution < 1.29 is 13.9 Å². The van der Waals surface area contributed by atoms with E-state index in [2.05, 4.69) is 15.5 Å². The molecule has 26 heavy (non-hydrogen) atoms. The minimum absolute atomic E-state index is 0.0829. The van der Waals surface area contributed by atoms with Crippen molar-refractivity contribution in [2.45, 2.75) is 32.4 Å². The van der Waals surface area contributed by atoms with Crippen molar-refractivity contribution in [3.63, 3.8) is 0 Å². The summed E-state index contributed by atoms with van der Waals surface area (Å²) in [6, 6.07) is 11.5. The Labute approximate surface area is 154 Å². The van der Waals surface area contributed by atoms with Gasteiger partial charge < -0.3 is 19.8 Å². The second kappa shape index (κ2) is 9.29. The summed E-state index contributed by atoms with van der Waals surface area (Å²) in [6.07, 6.45) is 4.07. The van der Waals surface area contributed by atoms with Gasteiger partial charge in [0, 0.05) is 13.1 Å². The minimum Gasteiger partial charge on any atom is -0.494 e. The van der Waals surface area contributed by atoms with Crippen molar-refractivity contribution in [3.05, 3.63) is 54.0 Å². The molecule has 1 aliphatic rings. The lowest BCUT2D eigenvalue weighted by Crippen LogP contribution is -2.41. The monoisotopic (exact) mass is 357 g/mol. The van der Waals surface area contributed by atoms with E-state index in [1.807, 2.05) is 43.3 Å². The Bertz CT molecular complexity index is 681. The summed E-state index contributed by atoms with van der Waals surface area (Å²) >= 11 is 0. The largest absolute Gasteiger partial charge is 0.494 e. The number of benzene rings is 1. The van der Waals surface area contributed by atoms with E-state index >= 15 is 0 Å². The highest BCUT2D eigenvalue weighted by atomic mass is 16.5. The summed E-state index contributed by atoms with van der Waals surface area (Å²) in [5, 5.41) is 5.88. The van der Waals surface area contributed by atoms with Gasteiger partial charge in [0.15, 0.2) is 0 Å². The van der Waals surface area contributed by atoms with Gasteiger partial charge >= 0.3 is 6.03 Å². The second-order valence-electron chi connectivity index (χ2n) is 6.42. The summed E-state index contributed by atoms with van der Waals surface area (Å²) in [5.41, 5.74) is 1.01. The lowest BCUT2D eigenvalue weighted by molar-refractivity contribution is 0.203. The molecule has 0 saturated carbocycles. The predicted molar refractivity (Wildman–Crippen MR) is 100 cm³/mol. The lowest BCUT2D eigenvalue weighted by atomic mass is 10.2. The van der Waals surface area contributed by atoms with Crippen LogP contribution >= 0.6 is 0 Å². The predicted octanol–water partition coefficient (Wildman–Crippen LogP) is 3.31. The molecule has 1 atom stereocenters. The third kappa shape index (κ3) is 5.02. The molecule has 2 amide bonds. The Morgan fingerprint density at radius 1 is 1.23 bits per heavy atom. The first-order valence-corrected chi connectivity index (χ1v) is 9.27. The van der Waals surface area contributed by atoms with E-state index in [-0.39, 0.29) is 12.1 Å². The Morgan fingerprint density at radius 2 is 2.08 bits per heavy atom. The molecule has 1 unspecified atom stereocenters. The molecule has 3 rings (SSSR count). The first kappa shape index (κ1) is 18.3. The van der Waals surface area contributed by atoms with Crippen molar-refractivity contribution >= 4 is 6.03 Å². The molecule has 1 fully saturated rings. The maximum Gasteiger partial charge on any atom is 0.315 e. The molecule has 1 aromatic carbocycles. The van der Waals surface area contributed by atoms with E-state index in [1.165, 1.54) is 12.8 Å². The second-order valence-corrected chi connectivity index (χ2v) is 6.42. The summed E-state index contributed by atoms with van der Waals surface area (Å²) in [5.74, 6) is 1.72. The molecular formula is C20H27N3O3. The lowest BCUT2D eigenvalue weighted by Gasteiger charge is -2.26. The number of ether oxygens (including phenoxy) is 1. The number of hydrogen-bond acceptors (Lipinski definition) is 4. The number of amides is 2. The Kier molecular flexibility index (Phi) is 6.55. The van der Waals surface area contributed by atoms with Crippen molar-refractivity contribution in [1.29, 1.82) is 0 Å². The first-order valence-electron chi connectivity index (χ1n) is 9.27. The van der Waals surface area contributed by atoms with Crippen LogP contribution in [-0.4, -0.2) is 37.2 Å². The maximum absolute atomic E-state index is 12.2. The summed E-state index contributed by atoms with van der Waals surface area (Å²) in [6.45, 7) is 5.65. The van der Waals surface area contributed by atoms with Crippen molar-refractivity contribution in [2.24, 2.45) is 0 Å². The fraction of sp³-hybridized carbons (Fsp3) is 0.450. The average molecular weight is 357 g/mol. The molecule has 2 aromatic rings. The van der Waals surface area contributed by atoms with Crippen LogP contribution in [0.3, 0.4) is 0 Å². The number of urea groups is 1. The van der Waals surface area contributed by atoms with Crippen LogP contribution in [0.15, 0.2) is 47.1 Å². The third-order valence-corrected chi connectivity index (χ3v) is 4.57. The SMILES string of the molecule is CCOc1cccc(CNC(=O)NCC(c2ccco2)N2CCCC2)c1. The van der Waals surface area contributed by atoms with Gasteiger partial charge in [-0.05, 0) is 62.7 Å². The van der Waals surface area contributed by atoms with Crippen LogP contribution in [0.5, 0.6) is 5.75 Å². The van der Waals surface area contributed by atoms with Gasteiger partial charge in [-0.15, -0.1) is 0 Å². The van der Waals surface area contributed by atoms with Crippen LogP contribution in [0.2, 0.25) is 0 Å². The summed E-state index contributed by atoms with van der Waals surface area (Å²) < 4.78 is 11.1. The number of likely N-dealkylation sites (tertiary alicyclic amines) is 1. The molecule has 0 aliphatic carbocycles. The molecular weight excluding hydrogens is 330 g/mol. The van der Waals surface area contributed by atoms with Crippen LogP contribution in [0, 0.1) is 0 Å². The van der Waals surface area contributed by atoms with Gasteiger partial charge in [0.05, 0.1) is 18.9 Å². The van der Waals surface area contributed by atoms with Crippen LogP contribution < -0.4 is 15.4 Å². The van der Waals surface area contributed by atoms with Crippen molar-refractivity contribution in [3.8, 4) is 5.75 Å². The Morgan fingerprint density at radius 3 is 2.81 bits per heavy atom. The van der Waals surface area contributed by atoms with Gasteiger partial charge in [0.25, 0.3) is 0 Å². The Hall–Kier alpha value is -2.47. The highest BCUT2D eigenvalue weighted by molar-refractivity contribution is 5.73. The zero-order valence-electron chi connectivity index (χ0n) is 15.2. The highest BCUT2D eigenvalue weighted by Gasteiger charge is 2.25. The zero-order chi connectivity index (χ0) is 18.2. The molecule has 1 saturated heterocycles. The number of furan rings is 1. The summed E-state index contributed by atoms with van der Waals surface area (Å²) in [4.78, 5) is 14.6. The standard InChI is InChI=1S/C20H27N3O3/c1-2-25-17-8-5-7-16(13-17)14-21-20(24)22-15-18(19-9-6-12-26-19)23-10-3-4-11-23/h5-9,12-13,18H,2-4,10-11,14-15H2,1H3,(H2,21,22,24). The number of carbonyl (C=O) groups excluding carboxylic acids is 1. The fourth-order valence-corrected chi connectivity index (χ4v) is 3.29. The molecule has 140 valence electrons. The fourth-order valence-electron chi connectivity index (χ4n) is 3.29. The minimum atomic E-state index is -0.178. The number of rotatable bonds is 8. The number of carbonyl (C=O) groups is 1. The maximum atomic E-state index is 12.2. The van der Waals surface area contributed by atoms with E-state index < -0.39 is 0 Å². The van der Waals surface area contributed by atoms with E-state index in [0.29, 0.717) is 19.7 Å². The van der Waals surface area contributed by atoms with Crippen LogP contribution in [0.25, 0.3) is 0 Å². The zero-order valence-corrected chi connectivity index (χ0v) is 15.2. The van der Waals surface area contributed by atoms with Gasteiger partial charge in [-0.3, -0.25) is 4.90 Å². The van der Waals surface area contributed by atoms with Gasteiger partial charge in [0.2, 0.25) is 0 Å². The van der Waals surface area contributed by atoms with Crippen LogP contribution in [0.4, 0.5) is 4.79 Å². The Balaban J connectivity index is 1.50. The average Bonchev–Trinajstić information content (AvgIpc) is 3.35. The van der Waals surface area contributed by atoms with E-state index in [4.69, 9.17) is 9.15 Å². The number of nitrogens with zero attached hydrogens (tertiary/aromatic N) is 1. The quantitative estimate of drug-likeness (QED) is 0.761. The van der Waals surface area contributed by atoms with E-state index in [9.17, 15) is 4.79 Å². The normalized spacial score (nSPS) is 15.6. The van der Waals surface area contributed by atoms with Gasteiger partial charge in [0.1, 0.15) is 11.5 Å². The van der Waals surface area contributed by atoms with E-state index in [0.717, 1.165) is 30.2 Å². The van der Waals surface area contributed by atoms with Crippen LogP contribution in [0.1, 0.15) is 37.1 Å². The first-order chi connectivity index (χ1) is 12.8. The van der Waals surface area contributed by atoms with Crippen molar-refractivity contribution in [1.82, 2.24) is 15.5 Å². The van der Waals surface area contributed by atoms with Gasteiger partial charge in [-0.25, -0.2) is 4.79 Å². The molecule has 6 nitrogen and oxygen atoms in total. The molecule has 0 spiro atoms. The smallest absolute Gasteiger partial charge is 0.315 e. The third-order valence-electron chi connectivity index (χ3n) is 4.57. The molecule has 0 bridgehead atoms. The number of nitrogens with one attached hydrogen (secondary N) is 2. The van der Waals surface area contributed by atoms with Crippen LogP contribution in [-0.2, 0) is 6.54 Å². The molecule has 2 heterocycles. The molecule has 1 aliphatic heterocycles. The number of hydrogen-bond donors (Lipinski definition) is 2. The molecule has 2 N–H and O–H groups in total. The van der Waals surface area contributed by atoms with Gasteiger partial charge in [-0.1, -0.05) is 12.1 Å². The molecule has 0 radical (unpaired) electrons. The van der Waals surface area contributed by atoms with E-state index in [1.54, 1.807) is 6.26 Å². The topological polar surface area (TPSA) is 66.7 Å². The molecule has 1 aromatic heterocycles. The van der Waals surface area contributed by atoms with Gasteiger partial charge in [-0.2, -0.15) is 0 Å². The highest BCUT2D eigenvalue weighted by Crippen LogP contribution is 2.24. The van der Waals surface area contributed by atoms with Crippen molar-refractivity contribution in [2.75, 3.05) is 26.2 Å². The molecule has 6 heteroatoms. The summed E-state index contributed by atoms with van der Waals surface area (Å²) in [7, 11) is 0.